The fourth-order valence-electron chi connectivity index (χ4n) is 2.82. The SMILES string of the molecule is COC(CNS(=O)(=O)c1cc(C(=O)O)c(C)cc1C)c1cccc(C)c1. The summed E-state index contributed by atoms with van der Waals surface area (Å²) in [5, 5.41) is 9.24. The first-order chi connectivity index (χ1) is 12.2. The lowest BCUT2D eigenvalue weighted by atomic mass is 10.1. The lowest BCUT2D eigenvalue weighted by Crippen LogP contribution is -2.30. The van der Waals surface area contributed by atoms with Crippen LogP contribution in [0, 0.1) is 20.8 Å². The third-order valence-corrected chi connectivity index (χ3v) is 5.76. The summed E-state index contributed by atoms with van der Waals surface area (Å²) in [6, 6.07) is 10.4. The monoisotopic (exact) mass is 377 g/mol. The fraction of sp³-hybridized carbons (Fsp3) is 0.316. The van der Waals surface area contributed by atoms with Crippen molar-refractivity contribution in [3.63, 3.8) is 0 Å². The van der Waals surface area contributed by atoms with Crippen LogP contribution in [-0.2, 0) is 14.8 Å². The molecule has 0 saturated heterocycles. The number of benzene rings is 2. The highest BCUT2D eigenvalue weighted by Crippen LogP contribution is 2.22. The molecule has 2 rings (SSSR count). The molecule has 140 valence electrons. The Morgan fingerprint density at radius 3 is 2.42 bits per heavy atom. The maximum absolute atomic E-state index is 12.7. The van der Waals surface area contributed by atoms with Gasteiger partial charge in [-0.05, 0) is 43.5 Å². The molecule has 0 saturated carbocycles. The van der Waals surface area contributed by atoms with Crippen LogP contribution in [0.4, 0.5) is 0 Å². The van der Waals surface area contributed by atoms with Crippen molar-refractivity contribution < 1.29 is 23.1 Å². The molecule has 0 aliphatic heterocycles. The summed E-state index contributed by atoms with van der Waals surface area (Å²) in [5.74, 6) is -1.16. The summed E-state index contributed by atoms with van der Waals surface area (Å²) in [5.41, 5.74) is 2.89. The van der Waals surface area contributed by atoms with E-state index in [0.29, 0.717) is 11.1 Å². The maximum atomic E-state index is 12.7. The van der Waals surface area contributed by atoms with Gasteiger partial charge >= 0.3 is 5.97 Å². The molecular formula is C19H23NO5S. The molecule has 2 aromatic carbocycles. The number of hydrogen-bond acceptors (Lipinski definition) is 4. The molecule has 0 aromatic heterocycles. The second-order valence-corrected chi connectivity index (χ2v) is 7.96. The van der Waals surface area contributed by atoms with Crippen molar-refractivity contribution in [2.45, 2.75) is 31.8 Å². The number of hydrogen-bond donors (Lipinski definition) is 2. The zero-order valence-corrected chi connectivity index (χ0v) is 16.1. The molecular weight excluding hydrogens is 354 g/mol. The molecule has 0 spiro atoms. The van der Waals surface area contributed by atoms with Crippen molar-refractivity contribution in [1.82, 2.24) is 4.72 Å². The second-order valence-electron chi connectivity index (χ2n) is 6.23. The highest BCUT2D eigenvalue weighted by Gasteiger charge is 2.22. The van der Waals surface area contributed by atoms with Crippen molar-refractivity contribution in [2.24, 2.45) is 0 Å². The molecule has 0 bridgehead atoms. The molecule has 1 atom stereocenters. The number of carbonyl (C=O) groups is 1. The minimum absolute atomic E-state index is 0.0297. The van der Waals surface area contributed by atoms with Crippen LogP contribution in [0.5, 0.6) is 0 Å². The number of aromatic carboxylic acids is 1. The Bertz CT molecular complexity index is 922. The predicted molar refractivity (Wildman–Crippen MR) is 99.0 cm³/mol. The van der Waals surface area contributed by atoms with E-state index in [1.807, 2.05) is 31.2 Å². The molecule has 0 aliphatic carbocycles. The normalized spacial score (nSPS) is 12.8. The van der Waals surface area contributed by atoms with Crippen LogP contribution in [0.3, 0.4) is 0 Å². The molecule has 0 amide bonds. The van der Waals surface area contributed by atoms with E-state index in [2.05, 4.69) is 4.72 Å². The Hall–Kier alpha value is -2.22. The van der Waals surface area contributed by atoms with Crippen molar-refractivity contribution in [3.8, 4) is 0 Å². The van der Waals surface area contributed by atoms with Gasteiger partial charge in [0.2, 0.25) is 10.0 Å². The molecule has 0 radical (unpaired) electrons. The number of ether oxygens (including phenoxy) is 1. The number of carboxylic acids is 1. The minimum atomic E-state index is -3.88. The zero-order valence-electron chi connectivity index (χ0n) is 15.2. The first-order valence-electron chi connectivity index (χ1n) is 8.09. The third kappa shape index (κ3) is 4.49. The fourth-order valence-corrected chi connectivity index (χ4v) is 4.11. The topological polar surface area (TPSA) is 92.7 Å². The summed E-state index contributed by atoms with van der Waals surface area (Å²) in [6.45, 7) is 5.27. The van der Waals surface area contributed by atoms with Gasteiger partial charge in [-0.2, -0.15) is 0 Å². The van der Waals surface area contributed by atoms with Crippen molar-refractivity contribution in [1.29, 1.82) is 0 Å². The van der Waals surface area contributed by atoms with Crippen LogP contribution < -0.4 is 4.72 Å². The first-order valence-corrected chi connectivity index (χ1v) is 9.57. The molecule has 7 heteroatoms. The van der Waals surface area contributed by atoms with Crippen LogP contribution in [0.15, 0.2) is 41.3 Å². The molecule has 0 heterocycles. The van der Waals surface area contributed by atoms with Gasteiger partial charge in [0.15, 0.2) is 0 Å². The summed E-state index contributed by atoms with van der Waals surface area (Å²) in [7, 11) is -2.37. The molecule has 6 nitrogen and oxygen atoms in total. The van der Waals surface area contributed by atoms with Gasteiger partial charge in [-0.25, -0.2) is 17.9 Å². The number of sulfonamides is 1. The highest BCUT2D eigenvalue weighted by atomic mass is 32.2. The van der Waals surface area contributed by atoms with E-state index in [9.17, 15) is 18.3 Å². The maximum Gasteiger partial charge on any atom is 0.335 e. The quantitative estimate of drug-likeness (QED) is 0.774. The van der Waals surface area contributed by atoms with Gasteiger partial charge in [0.25, 0.3) is 0 Å². The largest absolute Gasteiger partial charge is 0.478 e. The lowest BCUT2D eigenvalue weighted by molar-refractivity contribution is 0.0696. The van der Waals surface area contributed by atoms with Crippen molar-refractivity contribution in [2.75, 3.05) is 13.7 Å². The van der Waals surface area contributed by atoms with E-state index in [4.69, 9.17) is 4.74 Å². The summed E-state index contributed by atoms with van der Waals surface area (Å²) < 4.78 is 33.3. The Kier molecular flexibility index (Phi) is 6.17. The average molecular weight is 377 g/mol. The van der Waals surface area contributed by atoms with Crippen molar-refractivity contribution >= 4 is 16.0 Å². The highest BCUT2D eigenvalue weighted by molar-refractivity contribution is 7.89. The van der Waals surface area contributed by atoms with Crippen LogP contribution in [0.1, 0.15) is 38.7 Å². The van der Waals surface area contributed by atoms with Crippen LogP contribution in [0.2, 0.25) is 0 Å². The average Bonchev–Trinajstić information content (AvgIpc) is 2.54. The predicted octanol–water partition coefficient (Wildman–Crippen LogP) is 2.98. The smallest absolute Gasteiger partial charge is 0.335 e. The van der Waals surface area contributed by atoms with Gasteiger partial charge in [0.1, 0.15) is 0 Å². The Labute approximate surface area is 153 Å². The Morgan fingerprint density at radius 1 is 1.15 bits per heavy atom. The van der Waals surface area contributed by atoms with Crippen molar-refractivity contribution in [3.05, 3.63) is 64.2 Å². The third-order valence-electron chi connectivity index (χ3n) is 4.20. The van der Waals surface area contributed by atoms with E-state index in [0.717, 1.165) is 11.1 Å². The molecule has 2 aromatic rings. The Balaban J connectivity index is 2.28. The van der Waals surface area contributed by atoms with Crippen LogP contribution in [0.25, 0.3) is 0 Å². The minimum Gasteiger partial charge on any atom is -0.478 e. The van der Waals surface area contributed by atoms with Gasteiger partial charge in [-0.1, -0.05) is 35.9 Å². The summed E-state index contributed by atoms with van der Waals surface area (Å²) in [6.07, 6.45) is -0.450. The van der Waals surface area contributed by atoms with E-state index in [-0.39, 0.29) is 17.0 Å². The zero-order chi connectivity index (χ0) is 19.5. The van der Waals surface area contributed by atoms with E-state index in [1.54, 1.807) is 19.9 Å². The lowest BCUT2D eigenvalue weighted by Gasteiger charge is -2.18. The first kappa shape index (κ1) is 20.1. The number of aryl methyl sites for hydroxylation is 3. The number of nitrogens with one attached hydrogen (secondary N) is 1. The van der Waals surface area contributed by atoms with Gasteiger partial charge in [0.05, 0.1) is 16.6 Å². The van der Waals surface area contributed by atoms with Gasteiger partial charge in [-0.15, -0.1) is 0 Å². The number of methoxy groups -OCH3 is 1. The van der Waals surface area contributed by atoms with Gasteiger partial charge in [-0.3, -0.25) is 0 Å². The molecule has 0 fully saturated rings. The van der Waals surface area contributed by atoms with Gasteiger partial charge < -0.3 is 9.84 Å². The standard InChI is InChI=1S/C19H23NO5S/c1-12-6-5-7-15(8-12)17(25-4)11-20-26(23,24)18-10-16(19(21)22)13(2)9-14(18)3/h5-10,17,20H,11H2,1-4H3,(H,21,22). The summed E-state index contributed by atoms with van der Waals surface area (Å²) >= 11 is 0. The number of carboxylic acid groups (broad SMARTS) is 1. The van der Waals surface area contributed by atoms with E-state index < -0.39 is 22.1 Å². The van der Waals surface area contributed by atoms with E-state index >= 15 is 0 Å². The van der Waals surface area contributed by atoms with Gasteiger partial charge in [0, 0.05) is 13.7 Å². The molecule has 2 N–H and O–H groups in total. The second kappa shape index (κ2) is 7.99. The van der Waals surface area contributed by atoms with Crippen LogP contribution in [-0.4, -0.2) is 33.1 Å². The summed E-state index contributed by atoms with van der Waals surface area (Å²) in [4.78, 5) is 11.3. The molecule has 26 heavy (non-hydrogen) atoms. The van der Waals surface area contributed by atoms with E-state index in [1.165, 1.54) is 13.2 Å². The molecule has 1 unspecified atom stereocenters. The van der Waals surface area contributed by atoms with Crippen LogP contribution >= 0.6 is 0 Å². The Morgan fingerprint density at radius 2 is 1.85 bits per heavy atom. The number of rotatable bonds is 7. The molecule has 0 aliphatic rings.